The summed E-state index contributed by atoms with van der Waals surface area (Å²) in [5.74, 6) is 0.615. The van der Waals surface area contributed by atoms with Crippen molar-refractivity contribution in [2.24, 2.45) is 5.92 Å². The fourth-order valence-electron chi connectivity index (χ4n) is 2.23. The van der Waals surface area contributed by atoms with E-state index in [0.717, 1.165) is 32.7 Å². The Morgan fingerprint density at radius 2 is 2.11 bits per heavy atom. The molecule has 0 aromatic carbocycles. The minimum Gasteiger partial charge on any atom is -0.382 e. The standard InChI is InChI=1S/C15H28N2O/c1-5-16-15(13(3)4)14-8-10-17(12-14)9-7-11-18-6-2/h8,10,12-13,15-16H,5-7,9,11H2,1-4H3. The molecule has 0 fully saturated rings. The predicted octanol–water partition coefficient (Wildman–Crippen LogP) is 3.22. The maximum atomic E-state index is 5.36. The van der Waals surface area contributed by atoms with Crippen molar-refractivity contribution in [3.05, 3.63) is 24.0 Å². The van der Waals surface area contributed by atoms with Crippen LogP contribution in [0.15, 0.2) is 18.5 Å². The van der Waals surface area contributed by atoms with Crippen molar-refractivity contribution < 1.29 is 4.74 Å². The van der Waals surface area contributed by atoms with E-state index in [4.69, 9.17) is 4.74 Å². The van der Waals surface area contributed by atoms with Crippen molar-refractivity contribution in [2.75, 3.05) is 19.8 Å². The largest absolute Gasteiger partial charge is 0.382 e. The van der Waals surface area contributed by atoms with Gasteiger partial charge in [-0.25, -0.2) is 0 Å². The van der Waals surface area contributed by atoms with Gasteiger partial charge in [-0.3, -0.25) is 0 Å². The van der Waals surface area contributed by atoms with E-state index >= 15 is 0 Å². The van der Waals surface area contributed by atoms with Crippen molar-refractivity contribution in [1.29, 1.82) is 0 Å². The van der Waals surface area contributed by atoms with Crippen LogP contribution in [0, 0.1) is 5.92 Å². The van der Waals surface area contributed by atoms with Crippen LogP contribution >= 0.6 is 0 Å². The quantitative estimate of drug-likeness (QED) is 0.683. The summed E-state index contributed by atoms with van der Waals surface area (Å²) < 4.78 is 7.63. The zero-order valence-corrected chi connectivity index (χ0v) is 12.3. The van der Waals surface area contributed by atoms with Gasteiger partial charge in [-0.05, 0) is 37.4 Å². The van der Waals surface area contributed by atoms with Crippen molar-refractivity contribution >= 4 is 0 Å². The summed E-state index contributed by atoms with van der Waals surface area (Å²) in [5.41, 5.74) is 1.39. The van der Waals surface area contributed by atoms with Crippen LogP contribution in [0.1, 0.15) is 45.7 Å². The molecule has 18 heavy (non-hydrogen) atoms. The van der Waals surface area contributed by atoms with Gasteiger partial charge in [0.25, 0.3) is 0 Å². The van der Waals surface area contributed by atoms with Crippen LogP contribution in [-0.4, -0.2) is 24.3 Å². The van der Waals surface area contributed by atoms with E-state index in [-0.39, 0.29) is 0 Å². The zero-order valence-electron chi connectivity index (χ0n) is 12.3. The van der Waals surface area contributed by atoms with Crippen molar-refractivity contribution in [3.63, 3.8) is 0 Å². The second-order valence-corrected chi connectivity index (χ2v) is 5.01. The highest BCUT2D eigenvalue weighted by Gasteiger charge is 2.15. The Morgan fingerprint density at radius 1 is 1.33 bits per heavy atom. The number of aromatic nitrogens is 1. The van der Waals surface area contributed by atoms with E-state index in [2.05, 4.69) is 49.1 Å². The van der Waals surface area contributed by atoms with E-state index < -0.39 is 0 Å². The third-order valence-electron chi connectivity index (χ3n) is 3.13. The van der Waals surface area contributed by atoms with E-state index in [1.54, 1.807) is 0 Å². The number of hydrogen-bond donors (Lipinski definition) is 1. The molecule has 1 N–H and O–H groups in total. The van der Waals surface area contributed by atoms with E-state index in [1.807, 2.05) is 6.92 Å². The number of nitrogens with one attached hydrogen (secondary N) is 1. The Labute approximate surface area is 112 Å². The van der Waals surface area contributed by atoms with Gasteiger partial charge in [-0.1, -0.05) is 20.8 Å². The maximum absolute atomic E-state index is 5.36. The van der Waals surface area contributed by atoms with Gasteiger partial charge in [0.2, 0.25) is 0 Å². The Hall–Kier alpha value is -0.800. The van der Waals surface area contributed by atoms with Gasteiger partial charge in [-0.2, -0.15) is 0 Å². The van der Waals surface area contributed by atoms with Crippen LogP contribution in [0.2, 0.25) is 0 Å². The summed E-state index contributed by atoms with van der Waals surface area (Å²) in [6.07, 6.45) is 5.52. The molecule has 0 saturated carbocycles. The summed E-state index contributed by atoms with van der Waals surface area (Å²) >= 11 is 0. The van der Waals surface area contributed by atoms with Crippen LogP contribution < -0.4 is 5.32 Å². The first kappa shape index (κ1) is 15.3. The highest BCUT2D eigenvalue weighted by atomic mass is 16.5. The molecular formula is C15H28N2O. The first-order chi connectivity index (χ1) is 8.69. The summed E-state index contributed by atoms with van der Waals surface area (Å²) in [4.78, 5) is 0. The van der Waals surface area contributed by atoms with Gasteiger partial charge in [0, 0.05) is 38.2 Å². The fourth-order valence-corrected chi connectivity index (χ4v) is 2.23. The van der Waals surface area contributed by atoms with Gasteiger partial charge in [0.05, 0.1) is 0 Å². The van der Waals surface area contributed by atoms with Gasteiger partial charge < -0.3 is 14.6 Å². The molecule has 1 rings (SSSR count). The first-order valence-corrected chi connectivity index (χ1v) is 7.15. The van der Waals surface area contributed by atoms with Crippen LogP contribution in [0.5, 0.6) is 0 Å². The van der Waals surface area contributed by atoms with E-state index in [1.165, 1.54) is 5.56 Å². The Morgan fingerprint density at radius 3 is 2.72 bits per heavy atom. The van der Waals surface area contributed by atoms with Crippen molar-refractivity contribution in [1.82, 2.24) is 9.88 Å². The molecule has 1 aromatic heterocycles. The molecule has 0 spiro atoms. The molecule has 0 aliphatic carbocycles. The predicted molar refractivity (Wildman–Crippen MR) is 76.8 cm³/mol. The average molecular weight is 252 g/mol. The molecule has 0 amide bonds. The molecule has 1 heterocycles. The lowest BCUT2D eigenvalue weighted by atomic mass is 9.98. The summed E-state index contributed by atoms with van der Waals surface area (Å²) in [5, 5.41) is 3.55. The molecule has 0 aliphatic heterocycles. The van der Waals surface area contributed by atoms with Crippen LogP contribution in [0.4, 0.5) is 0 Å². The number of hydrogen-bond acceptors (Lipinski definition) is 2. The van der Waals surface area contributed by atoms with E-state index in [9.17, 15) is 0 Å². The third kappa shape index (κ3) is 4.83. The van der Waals surface area contributed by atoms with Gasteiger partial charge in [-0.15, -0.1) is 0 Å². The van der Waals surface area contributed by atoms with Crippen LogP contribution in [0.25, 0.3) is 0 Å². The molecule has 0 radical (unpaired) electrons. The molecule has 3 heteroatoms. The average Bonchev–Trinajstić information content (AvgIpc) is 2.79. The Bertz CT molecular complexity index is 320. The molecule has 0 aliphatic rings. The fraction of sp³-hybridized carbons (Fsp3) is 0.733. The van der Waals surface area contributed by atoms with Crippen molar-refractivity contribution in [3.8, 4) is 0 Å². The smallest absolute Gasteiger partial charge is 0.0482 e. The number of rotatable bonds is 9. The molecule has 1 unspecified atom stereocenters. The first-order valence-electron chi connectivity index (χ1n) is 7.15. The molecule has 0 bridgehead atoms. The zero-order chi connectivity index (χ0) is 13.4. The Kier molecular flexibility index (Phi) is 7.06. The highest BCUT2D eigenvalue weighted by molar-refractivity contribution is 5.16. The van der Waals surface area contributed by atoms with Crippen LogP contribution in [0.3, 0.4) is 0 Å². The number of ether oxygens (including phenoxy) is 1. The van der Waals surface area contributed by atoms with Gasteiger partial charge in [0.15, 0.2) is 0 Å². The third-order valence-corrected chi connectivity index (χ3v) is 3.13. The second kappa shape index (κ2) is 8.33. The van der Waals surface area contributed by atoms with E-state index in [0.29, 0.717) is 12.0 Å². The monoisotopic (exact) mass is 252 g/mol. The lowest BCUT2D eigenvalue weighted by molar-refractivity contribution is 0.141. The summed E-state index contributed by atoms with van der Waals surface area (Å²) in [7, 11) is 0. The SMILES string of the molecule is CCNC(c1ccn(CCCOCC)c1)C(C)C. The van der Waals surface area contributed by atoms with Gasteiger partial charge >= 0.3 is 0 Å². The molecular weight excluding hydrogens is 224 g/mol. The molecule has 3 nitrogen and oxygen atoms in total. The minimum absolute atomic E-state index is 0.461. The minimum atomic E-state index is 0.461. The molecule has 104 valence electrons. The molecule has 1 aromatic rings. The van der Waals surface area contributed by atoms with Crippen molar-refractivity contribution in [2.45, 2.75) is 46.7 Å². The molecule has 1 atom stereocenters. The van der Waals surface area contributed by atoms with Crippen LogP contribution in [-0.2, 0) is 11.3 Å². The maximum Gasteiger partial charge on any atom is 0.0482 e. The molecule has 0 saturated heterocycles. The van der Waals surface area contributed by atoms with Gasteiger partial charge in [0.1, 0.15) is 0 Å². The number of nitrogens with zero attached hydrogens (tertiary/aromatic N) is 1. The lowest BCUT2D eigenvalue weighted by Gasteiger charge is -2.20. The lowest BCUT2D eigenvalue weighted by Crippen LogP contribution is -2.25. The topological polar surface area (TPSA) is 26.2 Å². The normalized spacial score (nSPS) is 13.2. The second-order valence-electron chi connectivity index (χ2n) is 5.01. The number of aryl methyl sites for hydroxylation is 1. The summed E-state index contributed by atoms with van der Waals surface area (Å²) in [6.45, 7) is 12.4. The Balaban J connectivity index is 2.50. The highest BCUT2D eigenvalue weighted by Crippen LogP contribution is 2.21. The summed E-state index contributed by atoms with van der Waals surface area (Å²) in [6, 6.07) is 2.69.